The monoisotopic (exact) mass is 337 g/mol. The summed E-state index contributed by atoms with van der Waals surface area (Å²) in [5.41, 5.74) is 3.03. The lowest BCUT2D eigenvalue weighted by Crippen LogP contribution is -2.23. The van der Waals surface area contributed by atoms with Gasteiger partial charge in [-0.15, -0.1) is 0 Å². The maximum atomic E-state index is 12.3. The molecule has 2 aromatic heterocycles. The third kappa shape index (κ3) is 4.23. The van der Waals surface area contributed by atoms with Crippen LogP contribution in [-0.4, -0.2) is 16.0 Å². The summed E-state index contributed by atoms with van der Waals surface area (Å²) in [6.45, 7) is 4.28. The molecule has 1 amide bonds. The number of carbonyl (C=O) groups excluding carboxylic acids is 1. The zero-order chi connectivity index (χ0) is 17.6. The molecule has 6 heteroatoms. The van der Waals surface area contributed by atoms with Gasteiger partial charge in [0.2, 0.25) is 5.88 Å². The summed E-state index contributed by atoms with van der Waals surface area (Å²) in [6, 6.07) is 13.5. The molecule has 0 atom stereocenters. The molecule has 0 saturated heterocycles. The minimum Gasteiger partial charge on any atom is -0.473 e. The van der Waals surface area contributed by atoms with Crippen LogP contribution in [0.3, 0.4) is 0 Å². The van der Waals surface area contributed by atoms with Gasteiger partial charge in [-0.25, -0.2) is 4.98 Å². The average molecular weight is 337 g/mol. The number of hydrogen-bond donors (Lipinski definition) is 1. The van der Waals surface area contributed by atoms with Gasteiger partial charge < -0.3 is 14.6 Å². The van der Waals surface area contributed by atoms with E-state index in [9.17, 15) is 4.79 Å². The molecule has 0 bridgehead atoms. The number of aryl methyl sites for hydroxylation is 2. The molecule has 25 heavy (non-hydrogen) atoms. The highest BCUT2D eigenvalue weighted by atomic mass is 16.5. The van der Waals surface area contributed by atoms with Gasteiger partial charge in [0.25, 0.3) is 5.91 Å². The minimum atomic E-state index is -0.209. The number of ether oxygens (including phenoxy) is 1. The van der Waals surface area contributed by atoms with Crippen molar-refractivity contribution in [3.05, 3.63) is 76.8 Å². The third-order valence-corrected chi connectivity index (χ3v) is 3.74. The second-order valence-corrected chi connectivity index (χ2v) is 5.66. The first kappa shape index (κ1) is 16.7. The molecule has 0 aliphatic carbocycles. The van der Waals surface area contributed by atoms with Crippen LogP contribution < -0.4 is 10.1 Å². The molecule has 3 rings (SSSR count). The molecule has 1 aromatic carbocycles. The van der Waals surface area contributed by atoms with E-state index in [2.05, 4.69) is 15.5 Å². The van der Waals surface area contributed by atoms with Crippen LogP contribution in [0.5, 0.6) is 5.88 Å². The van der Waals surface area contributed by atoms with E-state index in [1.165, 1.54) is 0 Å². The molecule has 128 valence electrons. The van der Waals surface area contributed by atoms with Crippen molar-refractivity contribution in [1.82, 2.24) is 15.5 Å². The maximum Gasteiger partial charge on any atom is 0.257 e. The van der Waals surface area contributed by atoms with Crippen LogP contribution in [0.1, 0.15) is 32.9 Å². The Morgan fingerprint density at radius 1 is 1.16 bits per heavy atom. The lowest BCUT2D eigenvalue weighted by molar-refractivity contribution is 0.0949. The van der Waals surface area contributed by atoms with Crippen LogP contribution in [0.25, 0.3) is 0 Å². The Bertz CT molecular complexity index is 840. The Balaban J connectivity index is 1.59. The van der Waals surface area contributed by atoms with E-state index in [4.69, 9.17) is 9.26 Å². The molecular formula is C19H19N3O3. The number of hydrogen-bond acceptors (Lipinski definition) is 5. The van der Waals surface area contributed by atoms with Crippen LogP contribution in [0.2, 0.25) is 0 Å². The summed E-state index contributed by atoms with van der Waals surface area (Å²) in [4.78, 5) is 16.5. The SMILES string of the molecule is Cc1noc(C)c1C(=O)NCc1ccnc(OCc2ccccc2)c1. The van der Waals surface area contributed by atoms with Crippen LogP contribution >= 0.6 is 0 Å². The third-order valence-electron chi connectivity index (χ3n) is 3.74. The molecule has 0 radical (unpaired) electrons. The van der Waals surface area contributed by atoms with Crippen molar-refractivity contribution >= 4 is 5.91 Å². The van der Waals surface area contributed by atoms with E-state index < -0.39 is 0 Å². The molecule has 0 aliphatic rings. The molecule has 2 heterocycles. The summed E-state index contributed by atoms with van der Waals surface area (Å²) >= 11 is 0. The van der Waals surface area contributed by atoms with Crippen LogP contribution in [0.15, 0.2) is 53.2 Å². The fraction of sp³-hybridized carbons (Fsp3) is 0.211. The largest absolute Gasteiger partial charge is 0.473 e. The molecule has 0 aliphatic heterocycles. The molecule has 0 unspecified atom stereocenters. The van der Waals surface area contributed by atoms with E-state index >= 15 is 0 Å². The number of pyridine rings is 1. The van der Waals surface area contributed by atoms with Crippen molar-refractivity contribution in [1.29, 1.82) is 0 Å². The molecule has 3 aromatic rings. The highest BCUT2D eigenvalue weighted by Gasteiger charge is 2.17. The summed E-state index contributed by atoms with van der Waals surface area (Å²) in [5, 5.41) is 6.66. The first-order valence-electron chi connectivity index (χ1n) is 7.96. The van der Waals surface area contributed by atoms with Gasteiger partial charge in [-0.3, -0.25) is 4.79 Å². The van der Waals surface area contributed by atoms with Crippen molar-refractivity contribution in [2.24, 2.45) is 0 Å². The van der Waals surface area contributed by atoms with E-state index in [0.717, 1.165) is 11.1 Å². The van der Waals surface area contributed by atoms with E-state index in [1.807, 2.05) is 42.5 Å². The number of benzene rings is 1. The zero-order valence-electron chi connectivity index (χ0n) is 14.2. The van der Waals surface area contributed by atoms with Gasteiger partial charge in [0.05, 0.1) is 5.69 Å². The Morgan fingerprint density at radius 3 is 2.68 bits per heavy atom. The lowest BCUT2D eigenvalue weighted by atomic mass is 10.2. The highest BCUT2D eigenvalue weighted by Crippen LogP contribution is 2.14. The molecule has 6 nitrogen and oxygen atoms in total. The summed E-state index contributed by atoms with van der Waals surface area (Å²) in [7, 11) is 0. The van der Waals surface area contributed by atoms with Crippen molar-refractivity contribution in [3.63, 3.8) is 0 Å². The second kappa shape index (κ2) is 7.61. The Kier molecular flexibility index (Phi) is 5.09. The van der Waals surface area contributed by atoms with Crippen molar-refractivity contribution in [2.75, 3.05) is 0 Å². The minimum absolute atomic E-state index is 0.209. The summed E-state index contributed by atoms with van der Waals surface area (Å²) in [5.74, 6) is 0.823. The Hall–Kier alpha value is -3.15. The number of nitrogens with one attached hydrogen (secondary N) is 1. The standard InChI is InChI=1S/C19H19N3O3/c1-13-18(14(2)25-22-13)19(23)21-11-16-8-9-20-17(10-16)24-12-15-6-4-3-5-7-15/h3-10H,11-12H2,1-2H3,(H,21,23). The fourth-order valence-corrected chi connectivity index (χ4v) is 2.45. The predicted octanol–water partition coefficient (Wildman–Crippen LogP) is 3.20. The first-order chi connectivity index (χ1) is 12.1. The number of rotatable bonds is 6. The van der Waals surface area contributed by atoms with Gasteiger partial charge in [0.1, 0.15) is 17.9 Å². The quantitative estimate of drug-likeness (QED) is 0.747. The average Bonchev–Trinajstić information content (AvgIpc) is 2.98. The molecular weight excluding hydrogens is 318 g/mol. The van der Waals surface area contributed by atoms with Gasteiger partial charge in [0, 0.05) is 18.8 Å². The number of amides is 1. The number of aromatic nitrogens is 2. The van der Waals surface area contributed by atoms with Crippen LogP contribution in [0.4, 0.5) is 0 Å². The fourth-order valence-electron chi connectivity index (χ4n) is 2.45. The van der Waals surface area contributed by atoms with Gasteiger partial charge in [-0.1, -0.05) is 35.5 Å². The molecule has 1 N–H and O–H groups in total. The van der Waals surface area contributed by atoms with Gasteiger partial charge in [-0.05, 0) is 31.0 Å². The molecule has 0 saturated carbocycles. The van der Waals surface area contributed by atoms with E-state index in [1.54, 1.807) is 20.0 Å². The summed E-state index contributed by atoms with van der Waals surface area (Å²) < 4.78 is 10.7. The maximum absolute atomic E-state index is 12.3. The van der Waals surface area contributed by atoms with Crippen molar-refractivity contribution < 1.29 is 14.1 Å². The van der Waals surface area contributed by atoms with Gasteiger partial charge >= 0.3 is 0 Å². The van der Waals surface area contributed by atoms with Crippen molar-refractivity contribution in [2.45, 2.75) is 27.0 Å². The second-order valence-electron chi connectivity index (χ2n) is 5.66. The highest BCUT2D eigenvalue weighted by molar-refractivity contribution is 5.96. The molecule has 0 spiro atoms. The first-order valence-corrected chi connectivity index (χ1v) is 7.96. The predicted molar refractivity (Wildman–Crippen MR) is 92.2 cm³/mol. The number of carbonyl (C=O) groups is 1. The van der Waals surface area contributed by atoms with Crippen LogP contribution in [-0.2, 0) is 13.2 Å². The smallest absolute Gasteiger partial charge is 0.257 e. The normalized spacial score (nSPS) is 10.5. The Labute approximate surface area is 145 Å². The van der Waals surface area contributed by atoms with Crippen molar-refractivity contribution in [3.8, 4) is 5.88 Å². The topological polar surface area (TPSA) is 77.3 Å². The zero-order valence-corrected chi connectivity index (χ0v) is 14.2. The lowest BCUT2D eigenvalue weighted by Gasteiger charge is -2.08. The molecule has 0 fully saturated rings. The summed E-state index contributed by atoms with van der Waals surface area (Å²) in [6.07, 6.45) is 1.66. The van der Waals surface area contributed by atoms with Crippen LogP contribution in [0, 0.1) is 13.8 Å². The number of nitrogens with zero attached hydrogens (tertiary/aromatic N) is 2. The van der Waals surface area contributed by atoms with Gasteiger partial charge in [-0.2, -0.15) is 0 Å². The Morgan fingerprint density at radius 2 is 1.96 bits per heavy atom. The van der Waals surface area contributed by atoms with E-state index in [-0.39, 0.29) is 5.91 Å². The van der Waals surface area contributed by atoms with E-state index in [0.29, 0.717) is 36.0 Å². The van der Waals surface area contributed by atoms with Gasteiger partial charge in [0.15, 0.2) is 0 Å².